The third-order valence-corrected chi connectivity index (χ3v) is 5.72. The number of hydrogen-bond donors (Lipinski definition) is 1. The maximum atomic E-state index is 12.0. The first kappa shape index (κ1) is 13.9. The van der Waals surface area contributed by atoms with Crippen molar-refractivity contribution >= 4 is 14.2 Å². The molecule has 2 rings (SSSR count). The fraction of sp³-hybridized carbons (Fsp3) is 0.923. The molecule has 0 aromatic carbocycles. The molecule has 1 amide bonds. The number of hydrogen-bond acceptors (Lipinski definition) is 3. The minimum atomic E-state index is -1.10. The predicted molar refractivity (Wildman–Crippen MR) is 75.6 cm³/mol. The van der Waals surface area contributed by atoms with E-state index in [1.54, 1.807) is 0 Å². The molecule has 0 aromatic rings. The number of ether oxygens (including phenoxy) is 1. The molecule has 2 atom stereocenters. The summed E-state index contributed by atoms with van der Waals surface area (Å²) in [5.41, 5.74) is 0. The SMILES string of the molecule is C[Si](C)(C)CCOC(=O)N1CCC2CCNC2C1. The van der Waals surface area contributed by atoms with Gasteiger partial charge in [0.1, 0.15) is 0 Å². The molecule has 18 heavy (non-hydrogen) atoms. The summed E-state index contributed by atoms with van der Waals surface area (Å²) in [7, 11) is -1.10. The van der Waals surface area contributed by atoms with Gasteiger partial charge in [-0.1, -0.05) is 19.6 Å². The summed E-state index contributed by atoms with van der Waals surface area (Å²) < 4.78 is 5.40. The van der Waals surface area contributed by atoms with Crippen LogP contribution in [0, 0.1) is 5.92 Å². The Hall–Kier alpha value is -0.553. The van der Waals surface area contributed by atoms with Crippen molar-refractivity contribution in [3.8, 4) is 0 Å². The molecule has 0 radical (unpaired) electrons. The zero-order chi connectivity index (χ0) is 13.2. The smallest absolute Gasteiger partial charge is 0.409 e. The lowest BCUT2D eigenvalue weighted by molar-refractivity contribution is 0.0870. The van der Waals surface area contributed by atoms with Crippen LogP contribution >= 0.6 is 0 Å². The summed E-state index contributed by atoms with van der Waals surface area (Å²) >= 11 is 0. The van der Waals surface area contributed by atoms with Crippen molar-refractivity contribution < 1.29 is 9.53 Å². The highest BCUT2D eigenvalue weighted by atomic mass is 28.3. The standard InChI is InChI=1S/C13H26N2O2Si/c1-18(2,3)9-8-17-13(16)15-7-5-11-4-6-14-12(11)10-15/h11-12,14H,4-10H2,1-3H3. The molecule has 0 aromatic heterocycles. The molecule has 104 valence electrons. The Kier molecular flexibility index (Phi) is 4.32. The molecule has 2 aliphatic rings. The van der Waals surface area contributed by atoms with Crippen LogP contribution < -0.4 is 5.32 Å². The molecular weight excluding hydrogens is 244 g/mol. The van der Waals surface area contributed by atoms with Crippen LogP contribution in [-0.4, -0.2) is 51.4 Å². The highest BCUT2D eigenvalue weighted by Crippen LogP contribution is 2.25. The Morgan fingerprint density at radius 1 is 1.39 bits per heavy atom. The van der Waals surface area contributed by atoms with Crippen LogP contribution in [-0.2, 0) is 4.74 Å². The lowest BCUT2D eigenvalue weighted by Gasteiger charge is -2.34. The second kappa shape index (κ2) is 5.61. The van der Waals surface area contributed by atoms with E-state index in [9.17, 15) is 4.79 Å². The molecule has 5 heteroatoms. The Labute approximate surface area is 111 Å². The van der Waals surface area contributed by atoms with Crippen LogP contribution in [0.2, 0.25) is 25.7 Å². The van der Waals surface area contributed by atoms with Crippen LogP contribution in [0.4, 0.5) is 4.79 Å². The van der Waals surface area contributed by atoms with Gasteiger partial charge < -0.3 is 15.0 Å². The van der Waals surface area contributed by atoms with E-state index >= 15 is 0 Å². The summed E-state index contributed by atoms with van der Waals surface area (Å²) in [6.07, 6.45) is 2.28. The van der Waals surface area contributed by atoms with Gasteiger partial charge >= 0.3 is 6.09 Å². The van der Waals surface area contributed by atoms with Crippen molar-refractivity contribution in [2.45, 2.75) is 44.6 Å². The summed E-state index contributed by atoms with van der Waals surface area (Å²) in [5.74, 6) is 0.774. The lowest BCUT2D eigenvalue weighted by Crippen LogP contribution is -2.49. The maximum Gasteiger partial charge on any atom is 0.409 e. The molecule has 0 spiro atoms. The number of amides is 1. The van der Waals surface area contributed by atoms with Gasteiger partial charge in [0.25, 0.3) is 0 Å². The van der Waals surface area contributed by atoms with Gasteiger partial charge in [-0.3, -0.25) is 0 Å². The van der Waals surface area contributed by atoms with Crippen LogP contribution in [0.25, 0.3) is 0 Å². The molecule has 2 aliphatic heterocycles. The summed E-state index contributed by atoms with van der Waals surface area (Å²) in [6, 6.07) is 1.56. The zero-order valence-corrected chi connectivity index (χ0v) is 12.9. The van der Waals surface area contributed by atoms with Crippen molar-refractivity contribution in [2.24, 2.45) is 5.92 Å². The van der Waals surface area contributed by atoms with Gasteiger partial charge in [0, 0.05) is 27.2 Å². The Morgan fingerprint density at radius 2 is 2.17 bits per heavy atom. The van der Waals surface area contributed by atoms with E-state index in [4.69, 9.17) is 4.74 Å². The Morgan fingerprint density at radius 3 is 2.89 bits per heavy atom. The molecule has 2 heterocycles. The van der Waals surface area contributed by atoms with Crippen molar-refractivity contribution in [2.75, 3.05) is 26.2 Å². The first-order chi connectivity index (χ1) is 8.46. The van der Waals surface area contributed by atoms with E-state index in [1.165, 1.54) is 6.42 Å². The Balaban J connectivity index is 1.73. The van der Waals surface area contributed by atoms with E-state index in [1.807, 2.05) is 4.90 Å². The summed E-state index contributed by atoms with van der Waals surface area (Å²) in [5, 5.41) is 3.48. The van der Waals surface area contributed by atoms with Crippen molar-refractivity contribution in [1.29, 1.82) is 0 Å². The van der Waals surface area contributed by atoms with Gasteiger partial charge in [0.05, 0.1) is 6.61 Å². The first-order valence-electron chi connectivity index (χ1n) is 7.11. The van der Waals surface area contributed by atoms with Crippen molar-refractivity contribution in [3.63, 3.8) is 0 Å². The largest absolute Gasteiger partial charge is 0.450 e. The minimum absolute atomic E-state index is 0.111. The quantitative estimate of drug-likeness (QED) is 0.799. The van der Waals surface area contributed by atoms with Gasteiger partial charge in [-0.15, -0.1) is 0 Å². The average Bonchev–Trinajstić information content (AvgIpc) is 2.73. The molecule has 2 unspecified atom stereocenters. The zero-order valence-electron chi connectivity index (χ0n) is 11.9. The summed E-state index contributed by atoms with van der Waals surface area (Å²) in [4.78, 5) is 13.8. The van der Waals surface area contributed by atoms with Gasteiger partial charge in [-0.2, -0.15) is 0 Å². The van der Waals surface area contributed by atoms with Crippen LogP contribution in [0.15, 0.2) is 0 Å². The fourth-order valence-corrected chi connectivity index (χ4v) is 3.45. The molecular formula is C13H26N2O2Si. The van der Waals surface area contributed by atoms with E-state index in [0.717, 1.165) is 38.0 Å². The topological polar surface area (TPSA) is 41.6 Å². The predicted octanol–water partition coefficient (Wildman–Crippen LogP) is 2.14. The van der Waals surface area contributed by atoms with Gasteiger partial charge in [0.2, 0.25) is 0 Å². The Bertz CT molecular complexity index is 304. The highest BCUT2D eigenvalue weighted by Gasteiger charge is 2.34. The van der Waals surface area contributed by atoms with E-state index < -0.39 is 8.07 Å². The van der Waals surface area contributed by atoms with Gasteiger partial charge in [-0.05, 0) is 31.3 Å². The minimum Gasteiger partial charge on any atom is -0.450 e. The van der Waals surface area contributed by atoms with Crippen LogP contribution in [0.3, 0.4) is 0 Å². The molecule has 2 saturated heterocycles. The number of rotatable bonds is 3. The highest BCUT2D eigenvalue weighted by molar-refractivity contribution is 6.76. The molecule has 1 N–H and O–H groups in total. The lowest BCUT2D eigenvalue weighted by atomic mass is 9.93. The second-order valence-corrected chi connectivity index (χ2v) is 12.4. The van der Waals surface area contributed by atoms with Gasteiger partial charge in [-0.25, -0.2) is 4.79 Å². The van der Waals surface area contributed by atoms with Gasteiger partial charge in [0.15, 0.2) is 0 Å². The molecule has 2 fully saturated rings. The van der Waals surface area contributed by atoms with E-state index in [2.05, 4.69) is 25.0 Å². The number of fused-ring (bicyclic) bond motifs is 1. The number of piperidine rings is 1. The second-order valence-electron chi connectivity index (χ2n) is 6.77. The molecule has 4 nitrogen and oxygen atoms in total. The number of carbonyl (C=O) groups excluding carboxylic acids is 1. The van der Waals surface area contributed by atoms with Crippen molar-refractivity contribution in [1.82, 2.24) is 10.2 Å². The number of nitrogens with one attached hydrogen (secondary N) is 1. The van der Waals surface area contributed by atoms with Crippen LogP contribution in [0.1, 0.15) is 12.8 Å². The molecule has 0 saturated carbocycles. The third-order valence-electron chi connectivity index (χ3n) is 4.01. The van der Waals surface area contributed by atoms with E-state index in [-0.39, 0.29) is 6.09 Å². The third kappa shape index (κ3) is 3.72. The molecule has 0 aliphatic carbocycles. The average molecular weight is 270 g/mol. The fourth-order valence-electron chi connectivity index (χ4n) is 2.73. The summed E-state index contributed by atoms with van der Waals surface area (Å²) in [6.45, 7) is 10.3. The number of carbonyl (C=O) groups is 1. The van der Waals surface area contributed by atoms with Crippen LogP contribution in [0.5, 0.6) is 0 Å². The molecule has 0 bridgehead atoms. The van der Waals surface area contributed by atoms with E-state index in [0.29, 0.717) is 12.6 Å². The monoisotopic (exact) mass is 270 g/mol. The number of nitrogens with zero attached hydrogens (tertiary/aromatic N) is 1. The maximum absolute atomic E-state index is 12.0. The number of likely N-dealkylation sites (tertiary alicyclic amines) is 1. The normalized spacial score (nSPS) is 28.1. The first-order valence-corrected chi connectivity index (χ1v) is 10.8. The van der Waals surface area contributed by atoms with Crippen molar-refractivity contribution in [3.05, 3.63) is 0 Å².